The van der Waals surface area contributed by atoms with E-state index in [-0.39, 0.29) is 0 Å². The fourth-order valence-corrected chi connectivity index (χ4v) is 3.22. The van der Waals surface area contributed by atoms with Gasteiger partial charge in [-0.25, -0.2) is 0 Å². The first-order chi connectivity index (χ1) is 9.36. The first-order valence-electron chi connectivity index (χ1n) is 7.53. The maximum absolute atomic E-state index is 6.11. The largest absolute Gasteiger partial charge is 0.493 e. The van der Waals surface area contributed by atoms with Gasteiger partial charge in [0.15, 0.2) is 0 Å². The number of piperidine rings is 1. The van der Waals surface area contributed by atoms with Crippen molar-refractivity contribution in [3.63, 3.8) is 0 Å². The smallest absolute Gasteiger partial charge is 0.124 e. The number of ether oxygens (including phenoxy) is 1. The predicted molar refractivity (Wildman–Crippen MR) is 77.3 cm³/mol. The van der Waals surface area contributed by atoms with E-state index in [1.807, 2.05) is 0 Å². The van der Waals surface area contributed by atoms with Crippen molar-refractivity contribution in [3.05, 3.63) is 29.3 Å². The third-order valence-corrected chi connectivity index (χ3v) is 4.37. The molecule has 0 aliphatic carbocycles. The van der Waals surface area contributed by atoms with E-state index < -0.39 is 0 Å². The maximum atomic E-state index is 6.11. The van der Waals surface area contributed by atoms with Gasteiger partial charge in [-0.2, -0.15) is 0 Å². The molecule has 3 rings (SSSR count). The normalized spacial score (nSPS) is 23.3. The zero-order valence-corrected chi connectivity index (χ0v) is 11.8. The second-order valence-corrected chi connectivity index (χ2v) is 5.71. The molecule has 0 bridgehead atoms. The van der Waals surface area contributed by atoms with Gasteiger partial charge in [0.25, 0.3) is 0 Å². The quantitative estimate of drug-likeness (QED) is 0.899. The molecule has 0 spiro atoms. The highest BCUT2D eigenvalue weighted by Crippen LogP contribution is 2.27. The van der Waals surface area contributed by atoms with Gasteiger partial charge in [-0.3, -0.25) is 0 Å². The molecule has 0 saturated carbocycles. The Bertz CT molecular complexity index is 433. The van der Waals surface area contributed by atoms with Crippen molar-refractivity contribution in [2.75, 3.05) is 26.2 Å². The summed E-state index contributed by atoms with van der Waals surface area (Å²) in [5, 5.41) is 3.39. The average Bonchev–Trinajstić information content (AvgIpc) is 2.94. The molecule has 1 aromatic rings. The molecule has 3 heteroatoms. The zero-order valence-electron chi connectivity index (χ0n) is 11.8. The lowest BCUT2D eigenvalue weighted by molar-refractivity contribution is 0.134. The summed E-state index contributed by atoms with van der Waals surface area (Å²) in [7, 11) is 0. The van der Waals surface area contributed by atoms with Gasteiger partial charge in [-0.15, -0.1) is 0 Å². The van der Waals surface area contributed by atoms with Gasteiger partial charge in [0, 0.05) is 31.1 Å². The van der Waals surface area contributed by atoms with Gasteiger partial charge in [0.05, 0.1) is 6.61 Å². The van der Waals surface area contributed by atoms with E-state index in [1.165, 1.54) is 43.6 Å². The van der Waals surface area contributed by atoms with E-state index in [0.717, 1.165) is 25.4 Å². The summed E-state index contributed by atoms with van der Waals surface area (Å²) >= 11 is 0. The molecule has 3 nitrogen and oxygen atoms in total. The van der Waals surface area contributed by atoms with Crippen molar-refractivity contribution in [1.82, 2.24) is 10.2 Å². The number of rotatable bonds is 4. The number of nitrogens with one attached hydrogen (secondary N) is 1. The fourth-order valence-electron chi connectivity index (χ4n) is 3.22. The van der Waals surface area contributed by atoms with Crippen LogP contribution in [0.15, 0.2) is 18.2 Å². The lowest BCUT2D eigenvalue weighted by atomic mass is 9.99. The third kappa shape index (κ3) is 2.93. The molecule has 19 heavy (non-hydrogen) atoms. The summed E-state index contributed by atoms with van der Waals surface area (Å²) in [4.78, 5) is 2.54. The third-order valence-electron chi connectivity index (χ3n) is 4.37. The number of likely N-dealkylation sites (tertiary alicyclic amines) is 1. The van der Waals surface area contributed by atoms with E-state index in [0.29, 0.717) is 5.92 Å². The summed E-state index contributed by atoms with van der Waals surface area (Å²) in [5.41, 5.74) is 2.77. The Hall–Kier alpha value is -1.06. The second kappa shape index (κ2) is 5.93. The van der Waals surface area contributed by atoms with E-state index >= 15 is 0 Å². The van der Waals surface area contributed by atoms with Crippen LogP contribution in [0.25, 0.3) is 0 Å². The molecule has 0 amide bonds. The van der Waals surface area contributed by atoms with Crippen LogP contribution in [-0.4, -0.2) is 31.1 Å². The van der Waals surface area contributed by atoms with Gasteiger partial charge in [0.2, 0.25) is 0 Å². The molecule has 104 valence electrons. The SMILES string of the molecule is CCN1CCCC(COc2cccc3c2CNC3)C1. The standard InChI is InChI=1S/C16H24N2O/c1-2-18-8-4-5-13(11-18)12-19-16-7-3-6-14-9-17-10-15(14)16/h3,6-7,13,17H,2,4-5,8-12H2,1H3. The van der Waals surface area contributed by atoms with Crippen LogP contribution in [0.2, 0.25) is 0 Å². The lowest BCUT2D eigenvalue weighted by Gasteiger charge is -2.31. The van der Waals surface area contributed by atoms with Crippen molar-refractivity contribution in [3.8, 4) is 5.75 Å². The molecule has 1 N–H and O–H groups in total. The highest BCUT2D eigenvalue weighted by atomic mass is 16.5. The summed E-state index contributed by atoms with van der Waals surface area (Å²) in [5.74, 6) is 1.79. The molecule has 0 aromatic heterocycles. The van der Waals surface area contributed by atoms with Crippen LogP contribution in [0.5, 0.6) is 5.75 Å². The number of fused-ring (bicyclic) bond motifs is 1. The second-order valence-electron chi connectivity index (χ2n) is 5.71. The Labute approximate surface area is 115 Å². The molecule has 2 aliphatic heterocycles. The van der Waals surface area contributed by atoms with Crippen LogP contribution in [0.3, 0.4) is 0 Å². The first kappa shape index (κ1) is 12.9. The molecule has 1 saturated heterocycles. The van der Waals surface area contributed by atoms with Gasteiger partial charge < -0.3 is 15.0 Å². The fraction of sp³-hybridized carbons (Fsp3) is 0.625. The van der Waals surface area contributed by atoms with Gasteiger partial charge in [-0.05, 0) is 37.6 Å². The molecule has 2 heterocycles. The highest BCUT2D eigenvalue weighted by molar-refractivity contribution is 5.42. The minimum atomic E-state index is 0.693. The summed E-state index contributed by atoms with van der Waals surface area (Å²) < 4.78 is 6.11. The minimum absolute atomic E-state index is 0.693. The molecule has 1 unspecified atom stereocenters. The van der Waals surface area contributed by atoms with Gasteiger partial charge in [0.1, 0.15) is 5.75 Å². The molecule has 2 aliphatic rings. The molecular weight excluding hydrogens is 236 g/mol. The Morgan fingerprint density at radius 1 is 1.37 bits per heavy atom. The number of hydrogen-bond acceptors (Lipinski definition) is 3. The first-order valence-corrected chi connectivity index (χ1v) is 7.53. The van der Waals surface area contributed by atoms with Crippen molar-refractivity contribution in [1.29, 1.82) is 0 Å². The minimum Gasteiger partial charge on any atom is -0.493 e. The number of benzene rings is 1. The summed E-state index contributed by atoms with van der Waals surface area (Å²) in [6, 6.07) is 6.42. The van der Waals surface area contributed by atoms with Crippen molar-refractivity contribution in [2.24, 2.45) is 5.92 Å². The Kier molecular flexibility index (Phi) is 4.04. The summed E-state index contributed by atoms with van der Waals surface area (Å²) in [6.45, 7) is 8.69. The number of hydrogen-bond donors (Lipinski definition) is 1. The Morgan fingerprint density at radius 3 is 3.21 bits per heavy atom. The zero-order chi connectivity index (χ0) is 13.1. The number of nitrogens with zero attached hydrogens (tertiary/aromatic N) is 1. The monoisotopic (exact) mass is 260 g/mol. The topological polar surface area (TPSA) is 24.5 Å². The van der Waals surface area contributed by atoms with Crippen molar-refractivity contribution >= 4 is 0 Å². The summed E-state index contributed by atoms with van der Waals surface area (Å²) in [6.07, 6.45) is 2.63. The molecule has 1 aromatic carbocycles. The molecule has 1 atom stereocenters. The van der Waals surface area contributed by atoms with E-state index in [1.54, 1.807) is 0 Å². The van der Waals surface area contributed by atoms with E-state index in [9.17, 15) is 0 Å². The lowest BCUT2D eigenvalue weighted by Crippen LogP contribution is -2.37. The van der Waals surface area contributed by atoms with Crippen LogP contribution in [-0.2, 0) is 13.1 Å². The molecular formula is C16H24N2O. The van der Waals surface area contributed by atoms with E-state index in [2.05, 4.69) is 35.3 Å². The maximum Gasteiger partial charge on any atom is 0.124 e. The van der Waals surface area contributed by atoms with Crippen LogP contribution in [0.1, 0.15) is 30.9 Å². The van der Waals surface area contributed by atoms with Crippen LogP contribution in [0, 0.1) is 5.92 Å². The molecule has 1 fully saturated rings. The Balaban J connectivity index is 1.59. The average molecular weight is 260 g/mol. The predicted octanol–water partition coefficient (Wildman–Crippen LogP) is 2.40. The molecule has 0 radical (unpaired) electrons. The van der Waals surface area contributed by atoms with Gasteiger partial charge in [-0.1, -0.05) is 19.1 Å². The van der Waals surface area contributed by atoms with Crippen molar-refractivity contribution < 1.29 is 4.74 Å². The van der Waals surface area contributed by atoms with Gasteiger partial charge >= 0.3 is 0 Å². The van der Waals surface area contributed by atoms with Crippen LogP contribution < -0.4 is 10.1 Å². The Morgan fingerprint density at radius 2 is 2.32 bits per heavy atom. The van der Waals surface area contributed by atoms with E-state index in [4.69, 9.17) is 4.74 Å². The van der Waals surface area contributed by atoms with Crippen LogP contribution >= 0.6 is 0 Å². The van der Waals surface area contributed by atoms with Crippen molar-refractivity contribution in [2.45, 2.75) is 32.9 Å². The highest BCUT2D eigenvalue weighted by Gasteiger charge is 2.20. The van der Waals surface area contributed by atoms with Crippen LogP contribution in [0.4, 0.5) is 0 Å².